The maximum Gasteiger partial charge on any atom is 0.0339 e. The van der Waals surface area contributed by atoms with Crippen molar-refractivity contribution in [1.82, 2.24) is 0 Å². The molecule has 0 aliphatic carbocycles. The van der Waals surface area contributed by atoms with E-state index in [2.05, 4.69) is 11.9 Å². The zero-order valence-corrected chi connectivity index (χ0v) is 5.62. The van der Waals surface area contributed by atoms with Gasteiger partial charge in [0, 0.05) is 11.5 Å². The summed E-state index contributed by atoms with van der Waals surface area (Å²) in [6.07, 6.45) is 4.97. The molecule has 0 fully saturated rings. The third-order valence-electron chi connectivity index (χ3n) is 1.22. The zero-order chi connectivity index (χ0) is 6.04. The van der Waals surface area contributed by atoms with E-state index in [0.29, 0.717) is 5.75 Å². The van der Waals surface area contributed by atoms with Crippen molar-refractivity contribution in [2.24, 2.45) is 0 Å². The third-order valence-corrected chi connectivity index (χ3v) is 3.00. The summed E-state index contributed by atoms with van der Waals surface area (Å²) in [7, 11) is -1.67. The highest BCUT2D eigenvalue weighted by molar-refractivity contribution is 8.00. The average molecular weight is 130 g/mol. The summed E-state index contributed by atoms with van der Waals surface area (Å²) in [5.41, 5.74) is 0. The highest BCUT2D eigenvalue weighted by Crippen LogP contribution is 2.01. The molecule has 0 saturated carbocycles. The number of rotatable bonds is 0. The van der Waals surface area contributed by atoms with Crippen molar-refractivity contribution in [3.05, 3.63) is 12.2 Å². The van der Waals surface area contributed by atoms with Crippen LogP contribution >= 0.6 is 0 Å². The van der Waals surface area contributed by atoms with Gasteiger partial charge in [-0.1, -0.05) is 12.2 Å². The maximum absolute atomic E-state index is 11.0. The Balaban J connectivity index is 2.79. The fourth-order valence-corrected chi connectivity index (χ4v) is 1.95. The van der Waals surface area contributed by atoms with Crippen molar-refractivity contribution in [2.45, 2.75) is 6.42 Å². The molecule has 1 aliphatic rings. The van der Waals surface area contributed by atoms with Gasteiger partial charge in [-0.15, -0.1) is 0 Å². The SMILES string of the molecule is C=S1(=O)CC=CCC1. The highest BCUT2D eigenvalue weighted by Gasteiger charge is 2.02. The fourth-order valence-electron chi connectivity index (χ4n) is 0.727. The van der Waals surface area contributed by atoms with E-state index in [1.54, 1.807) is 0 Å². The summed E-state index contributed by atoms with van der Waals surface area (Å²) < 4.78 is 11.0. The van der Waals surface area contributed by atoms with Gasteiger partial charge in [0.1, 0.15) is 0 Å². The van der Waals surface area contributed by atoms with E-state index >= 15 is 0 Å². The minimum atomic E-state index is -1.67. The van der Waals surface area contributed by atoms with Crippen LogP contribution in [0.1, 0.15) is 6.42 Å². The molecule has 0 aromatic rings. The second kappa shape index (κ2) is 1.94. The molecule has 0 bridgehead atoms. The van der Waals surface area contributed by atoms with Gasteiger partial charge in [0.25, 0.3) is 0 Å². The first-order chi connectivity index (χ1) is 3.71. The van der Waals surface area contributed by atoms with Crippen molar-refractivity contribution in [3.63, 3.8) is 0 Å². The number of allylic oxidation sites excluding steroid dienone is 1. The predicted octanol–water partition coefficient (Wildman–Crippen LogP) is 0.663. The van der Waals surface area contributed by atoms with Gasteiger partial charge in [-0.2, -0.15) is 0 Å². The van der Waals surface area contributed by atoms with Crippen molar-refractivity contribution < 1.29 is 4.21 Å². The fraction of sp³-hybridized carbons (Fsp3) is 0.500. The van der Waals surface area contributed by atoms with E-state index in [-0.39, 0.29) is 0 Å². The third kappa shape index (κ3) is 1.37. The molecule has 8 heavy (non-hydrogen) atoms. The Kier molecular flexibility index (Phi) is 1.43. The minimum absolute atomic E-state index is 0.688. The van der Waals surface area contributed by atoms with Gasteiger partial charge in [-0.25, -0.2) is 0 Å². The van der Waals surface area contributed by atoms with E-state index in [1.807, 2.05) is 6.08 Å². The molecule has 1 heterocycles. The van der Waals surface area contributed by atoms with Gasteiger partial charge in [-0.3, -0.25) is 4.21 Å². The van der Waals surface area contributed by atoms with E-state index < -0.39 is 9.52 Å². The first kappa shape index (κ1) is 5.89. The Morgan fingerprint density at radius 3 is 2.50 bits per heavy atom. The summed E-state index contributed by atoms with van der Waals surface area (Å²) in [5, 5.41) is 0. The van der Waals surface area contributed by atoms with Crippen LogP contribution in [0.3, 0.4) is 0 Å². The molecule has 1 atom stereocenters. The standard InChI is InChI=1S/C6H10OS/c1-8(7)5-3-2-4-6-8/h2-3H,1,4-6H2. The van der Waals surface area contributed by atoms with E-state index in [9.17, 15) is 4.21 Å². The van der Waals surface area contributed by atoms with Crippen LogP contribution in [0.5, 0.6) is 0 Å². The minimum Gasteiger partial charge on any atom is -0.268 e. The molecule has 1 aliphatic heterocycles. The van der Waals surface area contributed by atoms with E-state index in [0.717, 1.165) is 12.2 Å². The lowest BCUT2D eigenvalue weighted by molar-refractivity contribution is 0.681. The van der Waals surface area contributed by atoms with Crippen molar-refractivity contribution in [2.75, 3.05) is 11.5 Å². The second-order valence-electron chi connectivity index (χ2n) is 2.10. The molecule has 0 aromatic carbocycles. The summed E-state index contributed by atoms with van der Waals surface area (Å²) in [5.74, 6) is 5.07. The Morgan fingerprint density at radius 1 is 1.50 bits per heavy atom. The second-order valence-corrected chi connectivity index (χ2v) is 4.77. The Hall–Kier alpha value is -0.240. The average Bonchev–Trinajstić information content (AvgIpc) is 1.65. The summed E-state index contributed by atoms with van der Waals surface area (Å²) >= 11 is 0. The zero-order valence-electron chi connectivity index (χ0n) is 4.80. The normalized spacial score (nSPS) is 37.5. The molecular weight excluding hydrogens is 120 g/mol. The summed E-state index contributed by atoms with van der Waals surface area (Å²) in [6, 6.07) is 0. The number of hydrogen-bond acceptors (Lipinski definition) is 1. The first-order valence-electron chi connectivity index (χ1n) is 2.68. The predicted molar refractivity (Wildman–Crippen MR) is 38.8 cm³/mol. The smallest absolute Gasteiger partial charge is 0.0339 e. The van der Waals surface area contributed by atoms with Gasteiger partial charge < -0.3 is 0 Å². The number of hydrogen-bond donors (Lipinski definition) is 0. The lowest BCUT2D eigenvalue weighted by Gasteiger charge is -2.07. The summed E-state index contributed by atoms with van der Waals surface area (Å²) in [6.45, 7) is 0. The maximum atomic E-state index is 11.0. The topological polar surface area (TPSA) is 17.1 Å². The molecule has 1 rings (SSSR count). The van der Waals surface area contributed by atoms with Crippen LogP contribution in [0, 0.1) is 0 Å². The van der Waals surface area contributed by atoms with Gasteiger partial charge in [0.2, 0.25) is 0 Å². The van der Waals surface area contributed by atoms with Crippen molar-refractivity contribution >= 4 is 15.4 Å². The lowest BCUT2D eigenvalue weighted by Crippen LogP contribution is -2.11. The molecule has 46 valence electrons. The van der Waals surface area contributed by atoms with E-state index in [4.69, 9.17) is 0 Å². The molecule has 2 heteroatoms. The van der Waals surface area contributed by atoms with Crippen LogP contribution in [0.4, 0.5) is 0 Å². The van der Waals surface area contributed by atoms with Gasteiger partial charge in [-0.05, 0) is 21.8 Å². The molecule has 1 unspecified atom stereocenters. The molecule has 1 nitrogen and oxygen atoms in total. The lowest BCUT2D eigenvalue weighted by atomic mass is 10.4. The Morgan fingerprint density at radius 2 is 2.25 bits per heavy atom. The van der Waals surface area contributed by atoms with E-state index in [1.165, 1.54) is 0 Å². The first-order valence-corrected chi connectivity index (χ1v) is 4.75. The largest absolute Gasteiger partial charge is 0.268 e. The quantitative estimate of drug-likeness (QED) is 0.348. The van der Waals surface area contributed by atoms with Gasteiger partial charge in [0.15, 0.2) is 0 Å². The molecule has 0 aromatic heterocycles. The van der Waals surface area contributed by atoms with Gasteiger partial charge in [0.05, 0.1) is 0 Å². The van der Waals surface area contributed by atoms with Gasteiger partial charge >= 0.3 is 0 Å². The van der Waals surface area contributed by atoms with Crippen LogP contribution in [-0.4, -0.2) is 21.6 Å². The highest BCUT2D eigenvalue weighted by atomic mass is 32.2. The van der Waals surface area contributed by atoms with Crippen LogP contribution in [0.25, 0.3) is 0 Å². The van der Waals surface area contributed by atoms with Crippen LogP contribution in [0.15, 0.2) is 12.2 Å². The molecular formula is C6H10OS. The van der Waals surface area contributed by atoms with Crippen LogP contribution in [0.2, 0.25) is 0 Å². The Bertz CT molecular complexity index is 187. The molecule has 0 amide bonds. The van der Waals surface area contributed by atoms with Crippen LogP contribution < -0.4 is 0 Å². The molecule has 0 spiro atoms. The Labute approximate surface area is 50.4 Å². The molecule has 0 saturated heterocycles. The summed E-state index contributed by atoms with van der Waals surface area (Å²) in [4.78, 5) is 0. The van der Waals surface area contributed by atoms with Crippen LogP contribution in [-0.2, 0) is 9.52 Å². The van der Waals surface area contributed by atoms with Crippen molar-refractivity contribution in [3.8, 4) is 0 Å². The molecule has 0 radical (unpaired) electrons. The van der Waals surface area contributed by atoms with Crippen molar-refractivity contribution in [1.29, 1.82) is 0 Å². The monoisotopic (exact) mass is 130 g/mol. The molecule has 0 N–H and O–H groups in total.